The zero-order valence-electron chi connectivity index (χ0n) is 16.5. The van der Waals surface area contributed by atoms with E-state index in [2.05, 4.69) is 10.6 Å². The van der Waals surface area contributed by atoms with Gasteiger partial charge in [0, 0.05) is 6.54 Å². The van der Waals surface area contributed by atoms with Crippen molar-refractivity contribution in [2.45, 2.75) is 50.4 Å². The number of carbonyl (C=O) groups excluding carboxylic acids is 3. The van der Waals surface area contributed by atoms with Crippen LogP contribution in [0.1, 0.15) is 36.5 Å². The van der Waals surface area contributed by atoms with Crippen molar-refractivity contribution < 1.29 is 34.1 Å². The molecule has 10 heteroatoms. The number of fused-ring (bicyclic) bond motifs is 2. The summed E-state index contributed by atoms with van der Waals surface area (Å²) in [7, 11) is 0. The monoisotopic (exact) mass is 419 g/mol. The minimum absolute atomic E-state index is 0.124. The molecule has 2 aliphatic heterocycles. The van der Waals surface area contributed by atoms with Crippen LogP contribution in [0.4, 0.5) is 0 Å². The van der Waals surface area contributed by atoms with Crippen molar-refractivity contribution in [2.75, 3.05) is 13.2 Å². The molecule has 0 saturated carbocycles. The van der Waals surface area contributed by atoms with E-state index in [0.717, 1.165) is 6.42 Å². The van der Waals surface area contributed by atoms with Gasteiger partial charge in [-0.15, -0.1) is 0 Å². The molecule has 0 aliphatic carbocycles. The first-order valence-corrected chi connectivity index (χ1v) is 9.81. The van der Waals surface area contributed by atoms with Gasteiger partial charge in [-0.1, -0.05) is 12.1 Å². The normalized spacial score (nSPS) is 26.4. The molecule has 1 aromatic rings. The number of para-hydroxylation sites is 1. The highest BCUT2D eigenvalue weighted by molar-refractivity contribution is 6.00. The molecule has 1 aromatic carbocycles. The second-order valence-electron chi connectivity index (χ2n) is 7.49. The fourth-order valence-corrected chi connectivity index (χ4v) is 3.69. The Hall–Kier alpha value is -3.14. The summed E-state index contributed by atoms with van der Waals surface area (Å²) in [6, 6.07) is 3.36. The smallest absolute Gasteiger partial charge is 0.326 e. The van der Waals surface area contributed by atoms with Gasteiger partial charge in [0.1, 0.15) is 24.4 Å². The summed E-state index contributed by atoms with van der Waals surface area (Å²) >= 11 is 0. The third-order valence-electron chi connectivity index (χ3n) is 5.28. The number of nitrogens with zero attached hydrogens (tertiary/aromatic N) is 1. The van der Waals surface area contributed by atoms with Gasteiger partial charge in [-0.2, -0.15) is 0 Å². The van der Waals surface area contributed by atoms with Gasteiger partial charge in [0.2, 0.25) is 11.8 Å². The van der Waals surface area contributed by atoms with Crippen LogP contribution in [0.15, 0.2) is 24.3 Å². The molecule has 0 unspecified atom stereocenters. The molecule has 3 amide bonds. The van der Waals surface area contributed by atoms with Crippen LogP contribution in [-0.4, -0.2) is 76.2 Å². The van der Waals surface area contributed by atoms with Crippen LogP contribution in [0.25, 0.3) is 0 Å². The van der Waals surface area contributed by atoms with Gasteiger partial charge >= 0.3 is 5.97 Å². The topological polar surface area (TPSA) is 145 Å². The minimum atomic E-state index is -1.52. The predicted octanol–water partition coefficient (Wildman–Crippen LogP) is -0.491. The van der Waals surface area contributed by atoms with Gasteiger partial charge in [-0.25, -0.2) is 4.79 Å². The molecular formula is C20H25N3O7. The zero-order chi connectivity index (χ0) is 21.8. The maximum atomic E-state index is 13.0. The molecule has 0 bridgehead atoms. The Labute approximate surface area is 173 Å². The Morgan fingerprint density at radius 1 is 1.23 bits per heavy atom. The Balaban J connectivity index is 1.96. The minimum Gasteiger partial charge on any atom is -0.491 e. The van der Waals surface area contributed by atoms with Crippen LogP contribution < -0.4 is 15.4 Å². The van der Waals surface area contributed by atoms with Crippen LogP contribution in [0, 0.1) is 0 Å². The number of amides is 3. The van der Waals surface area contributed by atoms with Crippen LogP contribution >= 0.6 is 0 Å². The number of carboxylic acid groups (broad SMARTS) is 1. The lowest BCUT2D eigenvalue weighted by Gasteiger charge is -2.31. The second kappa shape index (κ2) is 9.12. The average Bonchev–Trinajstić information content (AvgIpc) is 3.17. The molecule has 0 aromatic heterocycles. The molecule has 10 nitrogen and oxygen atoms in total. The number of rotatable bonds is 2. The zero-order valence-corrected chi connectivity index (χ0v) is 16.5. The SMILES string of the molecule is C[C@@H](O)[C@@H]1NC(=O)C[C@@H](C(=O)O)NC(=O)c2ccccc2OC[C@H]2CCCN2C1=O. The largest absolute Gasteiger partial charge is 0.491 e. The fraction of sp³-hybridized carbons (Fsp3) is 0.500. The number of aliphatic hydroxyl groups excluding tert-OH is 1. The lowest BCUT2D eigenvalue weighted by atomic mass is 10.1. The van der Waals surface area contributed by atoms with Crippen LogP contribution in [-0.2, 0) is 14.4 Å². The average molecular weight is 419 g/mol. The number of hydrogen-bond acceptors (Lipinski definition) is 6. The van der Waals surface area contributed by atoms with E-state index < -0.39 is 48.3 Å². The summed E-state index contributed by atoms with van der Waals surface area (Å²) in [5.41, 5.74) is 0.138. The third-order valence-corrected chi connectivity index (χ3v) is 5.28. The Morgan fingerprint density at radius 2 is 1.97 bits per heavy atom. The number of carbonyl (C=O) groups is 4. The number of carboxylic acids is 1. The number of ether oxygens (including phenoxy) is 1. The molecule has 4 N–H and O–H groups in total. The Bertz CT molecular complexity index is 841. The summed E-state index contributed by atoms with van der Waals surface area (Å²) < 4.78 is 5.83. The first-order chi connectivity index (χ1) is 14.3. The molecule has 3 rings (SSSR count). The van der Waals surface area contributed by atoms with E-state index in [1.54, 1.807) is 23.1 Å². The van der Waals surface area contributed by atoms with Gasteiger partial charge in [0.15, 0.2) is 0 Å². The van der Waals surface area contributed by atoms with Gasteiger partial charge in [0.05, 0.1) is 24.1 Å². The van der Waals surface area contributed by atoms with Crippen LogP contribution in [0.2, 0.25) is 0 Å². The van der Waals surface area contributed by atoms with Crippen molar-refractivity contribution in [2.24, 2.45) is 0 Å². The van der Waals surface area contributed by atoms with E-state index in [9.17, 15) is 29.4 Å². The highest BCUT2D eigenvalue weighted by Gasteiger charge is 2.37. The molecular weight excluding hydrogens is 394 g/mol. The summed E-state index contributed by atoms with van der Waals surface area (Å²) in [6.07, 6.45) is -0.357. The van der Waals surface area contributed by atoms with Crippen molar-refractivity contribution in [1.82, 2.24) is 15.5 Å². The number of aliphatic hydroxyl groups is 1. The molecule has 0 spiro atoms. The molecule has 1 saturated heterocycles. The maximum Gasteiger partial charge on any atom is 0.326 e. The van der Waals surface area contributed by atoms with Crippen LogP contribution in [0.5, 0.6) is 5.75 Å². The van der Waals surface area contributed by atoms with Gasteiger partial charge < -0.3 is 30.5 Å². The lowest BCUT2D eigenvalue weighted by molar-refractivity contribution is -0.142. The maximum absolute atomic E-state index is 13.0. The summed E-state index contributed by atoms with van der Waals surface area (Å²) in [6.45, 7) is 1.95. The summed E-state index contributed by atoms with van der Waals surface area (Å²) in [5.74, 6) is -3.05. The summed E-state index contributed by atoms with van der Waals surface area (Å²) in [5, 5.41) is 24.2. The number of hydrogen-bond donors (Lipinski definition) is 4. The molecule has 2 heterocycles. The molecule has 1 fully saturated rings. The standard InChI is InChI=1S/C20H25N3O7/c1-11(24)17-19(27)23-8-4-5-12(23)10-30-15-7-3-2-6-13(15)18(26)21-14(20(28)29)9-16(25)22-17/h2-3,6-7,11-12,14,17,24H,4-5,8-10H2,1H3,(H,21,26)(H,22,25)(H,28,29)/t11-,12-,14+,17+/m1/s1. The third kappa shape index (κ3) is 4.70. The predicted molar refractivity (Wildman–Crippen MR) is 104 cm³/mol. The van der Waals surface area contributed by atoms with E-state index in [4.69, 9.17) is 4.74 Å². The van der Waals surface area contributed by atoms with E-state index in [1.165, 1.54) is 13.0 Å². The number of benzene rings is 1. The summed E-state index contributed by atoms with van der Waals surface area (Å²) in [4.78, 5) is 51.2. The van der Waals surface area contributed by atoms with Crippen molar-refractivity contribution in [3.63, 3.8) is 0 Å². The van der Waals surface area contributed by atoms with Crippen molar-refractivity contribution >= 4 is 23.7 Å². The van der Waals surface area contributed by atoms with Gasteiger partial charge in [-0.3, -0.25) is 14.4 Å². The van der Waals surface area contributed by atoms with E-state index >= 15 is 0 Å². The first-order valence-electron chi connectivity index (χ1n) is 9.81. The molecule has 2 aliphatic rings. The molecule has 162 valence electrons. The highest BCUT2D eigenvalue weighted by Crippen LogP contribution is 2.23. The van der Waals surface area contributed by atoms with Crippen molar-refractivity contribution in [3.8, 4) is 5.75 Å². The van der Waals surface area contributed by atoms with E-state index in [1.807, 2.05) is 0 Å². The number of aliphatic carboxylic acids is 1. The molecule has 0 radical (unpaired) electrons. The van der Waals surface area contributed by atoms with Crippen molar-refractivity contribution in [3.05, 3.63) is 29.8 Å². The fourth-order valence-electron chi connectivity index (χ4n) is 3.69. The highest BCUT2D eigenvalue weighted by atomic mass is 16.5. The molecule has 30 heavy (non-hydrogen) atoms. The quantitative estimate of drug-likeness (QED) is 0.506. The van der Waals surface area contributed by atoms with Crippen molar-refractivity contribution in [1.29, 1.82) is 0 Å². The van der Waals surface area contributed by atoms with Crippen LogP contribution in [0.3, 0.4) is 0 Å². The second-order valence-corrected chi connectivity index (χ2v) is 7.49. The molecule has 4 atom stereocenters. The Kier molecular flexibility index (Phi) is 6.56. The van der Waals surface area contributed by atoms with E-state index in [0.29, 0.717) is 13.0 Å². The van der Waals surface area contributed by atoms with Gasteiger partial charge in [-0.05, 0) is 31.9 Å². The first kappa shape index (κ1) is 21.6. The van der Waals surface area contributed by atoms with E-state index in [-0.39, 0.29) is 24.0 Å². The number of nitrogens with one attached hydrogen (secondary N) is 2. The Morgan fingerprint density at radius 3 is 2.67 bits per heavy atom. The lowest BCUT2D eigenvalue weighted by Crippen LogP contribution is -2.56. The van der Waals surface area contributed by atoms with Gasteiger partial charge in [0.25, 0.3) is 5.91 Å².